The van der Waals surface area contributed by atoms with E-state index in [2.05, 4.69) is 3.77 Å². The molecule has 0 fully saturated rings. The molecule has 1 heterocycles. The first-order chi connectivity index (χ1) is 12.7. The molecule has 9 heteroatoms. The van der Waals surface area contributed by atoms with Crippen molar-refractivity contribution >= 4 is 30.9 Å². The largest absolute Gasteiger partial charge is 0.289 e. The molecule has 3 rings (SSSR count). The summed E-state index contributed by atoms with van der Waals surface area (Å²) in [5, 5.41) is 0. The maximum atomic E-state index is 13.1. The second-order valence-corrected chi connectivity index (χ2v) is 11.7. The van der Waals surface area contributed by atoms with Gasteiger partial charge in [-0.05, 0) is 38.1 Å². The highest BCUT2D eigenvalue weighted by Gasteiger charge is 2.33. The van der Waals surface area contributed by atoms with Gasteiger partial charge in [0.1, 0.15) is 0 Å². The minimum absolute atomic E-state index is 0.0542. The molecule has 0 spiro atoms. The van der Waals surface area contributed by atoms with Crippen LogP contribution in [0.4, 0.5) is 0 Å². The van der Waals surface area contributed by atoms with E-state index in [1.54, 1.807) is 36.4 Å². The summed E-state index contributed by atoms with van der Waals surface area (Å²) in [5.41, 5.74) is 1.87. The van der Waals surface area contributed by atoms with Gasteiger partial charge >= 0.3 is 0 Å². The topological polar surface area (TPSA) is 83.9 Å². The first kappa shape index (κ1) is 19.9. The number of benzene rings is 2. The highest BCUT2D eigenvalue weighted by molar-refractivity contribution is 8.06. The summed E-state index contributed by atoms with van der Waals surface area (Å²) in [5.74, 6) is 0.268. The predicted octanol–water partition coefficient (Wildman–Crippen LogP) is 3.13. The lowest BCUT2D eigenvalue weighted by Crippen LogP contribution is -2.39. The Bertz CT molecular complexity index is 1110. The Balaban J connectivity index is 2.12. The molecule has 0 N–H and O–H groups in total. The zero-order valence-corrected chi connectivity index (χ0v) is 17.4. The summed E-state index contributed by atoms with van der Waals surface area (Å²) in [6.07, 6.45) is 0. The Labute approximate surface area is 162 Å². The van der Waals surface area contributed by atoms with Gasteiger partial charge in [-0.25, -0.2) is 8.42 Å². The Morgan fingerprint density at radius 2 is 1.33 bits per heavy atom. The van der Waals surface area contributed by atoms with E-state index >= 15 is 0 Å². The molecule has 2 aromatic rings. The van der Waals surface area contributed by atoms with Crippen LogP contribution in [-0.2, 0) is 30.9 Å². The van der Waals surface area contributed by atoms with Crippen molar-refractivity contribution in [2.24, 2.45) is 3.77 Å². The van der Waals surface area contributed by atoms with E-state index in [0.717, 1.165) is 11.1 Å². The van der Waals surface area contributed by atoms with Gasteiger partial charge in [-0.2, -0.15) is 8.42 Å². The molecule has 0 saturated heterocycles. The molecule has 0 saturated carbocycles. The van der Waals surface area contributed by atoms with Gasteiger partial charge in [-0.1, -0.05) is 47.5 Å². The fourth-order valence-electron chi connectivity index (χ4n) is 2.51. The van der Waals surface area contributed by atoms with Crippen LogP contribution in [-0.4, -0.2) is 32.8 Å². The van der Waals surface area contributed by atoms with Gasteiger partial charge in [0.05, 0.1) is 9.79 Å². The minimum Gasteiger partial charge on any atom is -0.206 e. The lowest BCUT2D eigenvalue weighted by atomic mass is 10.2. The third kappa shape index (κ3) is 4.21. The predicted molar refractivity (Wildman–Crippen MR) is 107 cm³/mol. The van der Waals surface area contributed by atoms with Crippen LogP contribution < -0.4 is 0 Å². The standard InChI is InChI=1S/C18H20N2O4S3/c1-15-13-20(27(23,24)18-11-7-4-8-12-18)25(14-16(15)2)19-26(21,22)17-9-5-3-6-10-17/h3-12H,13-14H2,1-2H3. The first-order valence-corrected chi connectivity index (χ1v) is 12.4. The van der Waals surface area contributed by atoms with Gasteiger partial charge in [0.2, 0.25) is 0 Å². The van der Waals surface area contributed by atoms with Crippen molar-refractivity contribution in [1.29, 1.82) is 0 Å². The fourth-order valence-corrected chi connectivity index (χ4v) is 8.56. The zero-order chi connectivity index (χ0) is 19.7. The molecule has 6 nitrogen and oxygen atoms in total. The van der Waals surface area contributed by atoms with Crippen molar-refractivity contribution in [2.45, 2.75) is 23.6 Å². The van der Waals surface area contributed by atoms with Crippen molar-refractivity contribution in [3.8, 4) is 0 Å². The Morgan fingerprint density at radius 1 is 0.815 bits per heavy atom. The molecule has 0 aromatic heterocycles. The third-order valence-corrected chi connectivity index (χ3v) is 10.5. The molecule has 2 aromatic carbocycles. The smallest absolute Gasteiger partial charge is 0.206 e. The van der Waals surface area contributed by atoms with E-state index in [1.807, 2.05) is 13.8 Å². The quantitative estimate of drug-likeness (QED) is 0.706. The SMILES string of the molecule is CC1=C(C)C/S(=N\S(=O)(=O)c2ccccc2)N(S(=O)(=O)c2ccccc2)C1. The van der Waals surface area contributed by atoms with E-state index in [0.29, 0.717) is 0 Å². The molecule has 1 aliphatic rings. The van der Waals surface area contributed by atoms with Crippen molar-refractivity contribution in [1.82, 2.24) is 3.71 Å². The fraction of sp³-hybridized carbons (Fsp3) is 0.222. The average Bonchev–Trinajstić information content (AvgIpc) is 2.65. The summed E-state index contributed by atoms with van der Waals surface area (Å²) in [6.45, 7) is 3.86. The molecule has 1 atom stereocenters. The molecule has 0 aliphatic carbocycles. The summed E-state index contributed by atoms with van der Waals surface area (Å²) in [6, 6.07) is 15.9. The number of rotatable bonds is 4. The molecule has 0 amide bonds. The van der Waals surface area contributed by atoms with E-state index in [1.165, 1.54) is 28.0 Å². The maximum absolute atomic E-state index is 13.1. The van der Waals surface area contributed by atoms with Crippen LogP contribution in [0.15, 0.2) is 85.4 Å². The molecule has 144 valence electrons. The van der Waals surface area contributed by atoms with Crippen molar-refractivity contribution in [3.05, 3.63) is 71.8 Å². The summed E-state index contributed by atoms with van der Waals surface area (Å²) >= 11 is 0. The van der Waals surface area contributed by atoms with Crippen LogP contribution in [0.1, 0.15) is 13.8 Å². The van der Waals surface area contributed by atoms with E-state index < -0.39 is 30.9 Å². The Morgan fingerprint density at radius 3 is 1.89 bits per heavy atom. The van der Waals surface area contributed by atoms with Crippen LogP contribution in [0, 0.1) is 0 Å². The minimum atomic E-state index is -3.97. The zero-order valence-electron chi connectivity index (χ0n) is 14.9. The summed E-state index contributed by atoms with van der Waals surface area (Å²) < 4.78 is 56.9. The monoisotopic (exact) mass is 424 g/mol. The van der Waals surface area contributed by atoms with Crippen LogP contribution in [0.25, 0.3) is 0 Å². The number of sulfonamides is 2. The average molecular weight is 425 g/mol. The van der Waals surface area contributed by atoms with Crippen LogP contribution in [0.5, 0.6) is 0 Å². The van der Waals surface area contributed by atoms with Crippen LogP contribution >= 0.6 is 0 Å². The van der Waals surface area contributed by atoms with Crippen molar-refractivity contribution in [3.63, 3.8) is 0 Å². The van der Waals surface area contributed by atoms with Gasteiger partial charge in [0.15, 0.2) is 0 Å². The van der Waals surface area contributed by atoms with Crippen molar-refractivity contribution < 1.29 is 16.8 Å². The molecule has 1 unspecified atom stereocenters. The van der Waals surface area contributed by atoms with Crippen LogP contribution in [0.2, 0.25) is 0 Å². The lowest BCUT2D eigenvalue weighted by molar-refractivity contribution is 0.548. The summed E-state index contributed by atoms with van der Waals surface area (Å²) in [4.78, 5) is 0.181. The molecular formula is C18H20N2O4S3. The van der Waals surface area contributed by atoms with Gasteiger partial charge in [-0.15, -0.1) is 7.48 Å². The molecule has 1 aliphatic heterocycles. The molecule has 27 heavy (non-hydrogen) atoms. The van der Waals surface area contributed by atoms with E-state index in [4.69, 9.17) is 0 Å². The highest BCUT2D eigenvalue weighted by Crippen LogP contribution is 2.27. The Kier molecular flexibility index (Phi) is 5.66. The van der Waals surface area contributed by atoms with Crippen LogP contribution in [0.3, 0.4) is 0 Å². The third-order valence-electron chi connectivity index (χ3n) is 4.21. The highest BCUT2D eigenvalue weighted by atomic mass is 32.3. The van der Waals surface area contributed by atoms with E-state index in [9.17, 15) is 16.8 Å². The molecule has 0 radical (unpaired) electrons. The molecule has 0 bridgehead atoms. The van der Waals surface area contributed by atoms with Gasteiger partial charge in [0.25, 0.3) is 20.0 Å². The van der Waals surface area contributed by atoms with Gasteiger partial charge < -0.3 is 0 Å². The summed E-state index contributed by atoms with van der Waals surface area (Å²) in [7, 11) is -9.18. The number of hydrogen-bond acceptors (Lipinski definition) is 4. The lowest BCUT2D eigenvalue weighted by Gasteiger charge is -2.29. The maximum Gasteiger partial charge on any atom is 0.289 e. The molecular weight excluding hydrogens is 404 g/mol. The van der Waals surface area contributed by atoms with Gasteiger partial charge in [-0.3, -0.25) is 0 Å². The normalized spacial score (nSPS) is 19.4. The second kappa shape index (κ2) is 7.67. The number of nitrogens with zero attached hydrogens (tertiary/aromatic N) is 2. The second-order valence-electron chi connectivity index (χ2n) is 6.19. The Hall–Kier alpha value is -1.81. The first-order valence-electron chi connectivity index (χ1n) is 8.19. The van der Waals surface area contributed by atoms with E-state index in [-0.39, 0.29) is 22.1 Å². The number of hydrogen-bond donors (Lipinski definition) is 0. The van der Waals surface area contributed by atoms with Gasteiger partial charge in [0, 0.05) is 23.2 Å². The van der Waals surface area contributed by atoms with Crippen molar-refractivity contribution in [2.75, 3.05) is 12.3 Å².